The second-order valence-corrected chi connectivity index (χ2v) is 9.59. The monoisotopic (exact) mass is 569 g/mol. The number of fused-ring (bicyclic) bond motifs is 1. The minimum atomic E-state index is -0.697. The Morgan fingerprint density at radius 2 is 1.22 bits per heavy atom. The molecule has 41 heavy (non-hydrogen) atoms. The fourth-order valence-electron chi connectivity index (χ4n) is 5.64. The van der Waals surface area contributed by atoms with E-state index in [1.54, 1.807) is 24.3 Å². The van der Waals surface area contributed by atoms with Crippen molar-refractivity contribution in [2.24, 2.45) is 5.92 Å². The van der Waals surface area contributed by atoms with E-state index >= 15 is 0 Å². The van der Waals surface area contributed by atoms with Gasteiger partial charge in [0.15, 0.2) is 23.0 Å². The maximum Gasteiger partial charge on any atom is 0.355 e. The van der Waals surface area contributed by atoms with Crippen LogP contribution < -0.4 is 29.2 Å². The van der Waals surface area contributed by atoms with Crippen molar-refractivity contribution < 1.29 is 42.7 Å². The highest BCUT2D eigenvalue weighted by Crippen LogP contribution is 2.46. The molecule has 0 bridgehead atoms. The van der Waals surface area contributed by atoms with Gasteiger partial charge in [-0.2, -0.15) is 0 Å². The first-order chi connectivity index (χ1) is 19.8. The minimum Gasteiger partial charge on any atom is -0.493 e. The lowest BCUT2D eigenvalue weighted by atomic mass is 9.85. The van der Waals surface area contributed by atoms with Crippen LogP contribution in [0.4, 0.5) is 0 Å². The molecule has 1 aliphatic carbocycles. The van der Waals surface area contributed by atoms with Crippen LogP contribution in [-0.2, 0) is 14.3 Å². The van der Waals surface area contributed by atoms with Gasteiger partial charge in [0.1, 0.15) is 5.69 Å². The summed E-state index contributed by atoms with van der Waals surface area (Å²) in [4.78, 5) is 40.0. The average Bonchev–Trinajstić information content (AvgIpc) is 3.02. The quantitative estimate of drug-likeness (QED) is 0.343. The first-order valence-electron chi connectivity index (χ1n) is 13.1. The molecule has 4 rings (SSSR count). The lowest BCUT2D eigenvalue weighted by Crippen LogP contribution is -2.34. The van der Waals surface area contributed by atoms with E-state index in [0.29, 0.717) is 76.3 Å². The molecule has 11 heteroatoms. The van der Waals surface area contributed by atoms with Gasteiger partial charge in [0, 0.05) is 17.0 Å². The van der Waals surface area contributed by atoms with Crippen molar-refractivity contribution >= 4 is 22.7 Å². The molecule has 2 aromatic carbocycles. The van der Waals surface area contributed by atoms with Crippen LogP contribution in [0.15, 0.2) is 29.1 Å². The molecule has 1 aliphatic rings. The molecular weight excluding hydrogens is 534 g/mol. The van der Waals surface area contributed by atoms with Crippen molar-refractivity contribution in [1.82, 2.24) is 4.57 Å². The number of pyridine rings is 1. The Morgan fingerprint density at radius 1 is 0.683 bits per heavy atom. The highest BCUT2D eigenvalue weighted by Gasteiger charge is 2.34. The predicted molar refractivity (Wildman–Crippen MR) is 151 cm³/mol. The molecule has 0 saturated heterocycles. The molecule has 1 heterocycles. The maximum absolute atomic E-state index is 14.2. The van der Waals surface area contributed by atoms with Crippen LogP contribution in [0.25, 0.3) is 21.9 Å². The number of ether oxygens (including phenoxy) is 7. The SMILES string of the molecule is COC(=O)c1c(-c2cc(OC)c(OC)c(OC)c2)c2cc(OC)c(OC)cc2c(=O)n1C1CCC(C(=O)OC)CC1. The smallest absolute Gasteiger partial charge is 0.355 e. The summed E-state index contributed by atoms with van der Waals surface area (Å²) in [5.41, 5.74) is 0.614. The molecule has 1 aromatic heterocycles. The van der Waals surface area contributed by atoms with Crippen LogP contribution in [0.1, 0.15) is 42.2 Å². The molecule has 0 N–H and O–H groups in total. The Kier molecular flexibility index (Phi) is 8.95. The third kappa shape index (κ3) is 5.23. The van der Waals surface area contributed by atoms with Gasteiger partial charge in [-0.3, -0.25) is 14.2 Å². The van der Waals surface area contributed by atoms with Crippen molar-refractivity contribution in [2.45, 2.75) is 31.7 Å². The van der Waals surface area contributed by atoms with Gasteiger partial charge in [0.2, 0.25) is 5.75 Å². The Morgan fingerprint density at radius 3 is 1.68 bits per heavy atom. The summed E-state index contributed by atoms with van der Waals surface area (Å²) in [5.74, 6) is 0.588. The van der Waals surface area contributed by atoms with Crippen molar-refractivity contribution in [1.29, 1.82) is 0 Å². The van der Waals surface area contributed by atoms with Crippen LogP contribution in [-0.4, -0.2) is 66.3 Å². The zero-order valence-electron chi connectivity index (χ0n) is 24.3. The summed E-state index contributed by atoms with van der Waals surface area (Å²) in [6.07, 6.45) is 1.98. The normalized spacial score (nSPS) is 16.6. The number of rotatable bonds is 9. The fourth-order valence-corrected chi connectivity index (χ4v) is 5.64. The summed E-state index contributed by atoms with van der Waals surface area (Å²) in [7, 11) is 10.1. The number of hydrogen-bond donors (Lipinski definition) is 0. The summed E-state index contributed by atoms with van der Waals surface area (Å²) < 4.78 is 39.5. The van der Waals surface area contributed by atoms with Gasteiger partial charge in [-0.15, -0.1) is 0 Å². The second-order valence-electron chi connectivity index (χ2n) is 9.59. The lowest BCUT2D eigenvalue weighted by molar-refractivity contribution is -0.146. The summed E-state index contributed by atoms with van der Waals surface area (Å²) in [5, 5.41) is 0.760. The summed E-state index contributed by atoms with van der Waals surface area (Å²) in [6.45, 7) is 0. The summed E-state index contributed by atoms with van der Waals surface area (Å²) in [6, 6.07) is 6.31. The van der Waals surface area contributed by atoms with Crippen LogP contribution in [0.3, 0.4) is 0 Å². The van der Waals surface area contributed by atoms with E-state index in [-0.39, 0.29) is 29.2 Å². The van der Waals surface area contributed by atoms with Gasteiger partial charge >= 0.3 is 11.9 Å². The molecule has 0 amide bonds. The number of carbonyl (C=O) groups excluding carboxylic acids is 2. The second kappa shape index (κ2) is 12.4. The van der Waals surface area contributed by atoms with E-state index in [1.807, 2.05) is 0 Å². The third-order valence-corrected chi connectivity index (χ3v) is 7.65. The van der Waals surface area contributed by atoms with Gasteiger partial charge in [0.05, 0.1) is 61.1 Å². The van der Waals surface area contributed by atoms with E-state index in [1.165, 1.54) is 54.3 Å². The molecule has 220 valence electrons. The van der Waals surface area contributed by atoms with Gasteiger partial charge < -0.3 is 33.2 Å². The zero-order chi connectivity index (χ0) is 29.8. The molecule has 11 nitrogen and oxygen atoms in total. The maximum atomic E-state index is 14.2. The van der Waals surface area contributed by atoms with E-state index in [0.717, 1.165) is 0 Å². The molecule has 0 aliphatic heterocycles. The van der Waals surface area contributed by atoms with Crippen LogP contribution in [0.5, 0.6) is 28.7 Å². The largest absolute Gasteiger partial charge is 0.493 e. The first-order valence-corrected chi connectivity index (χ1v) is 13.1. The highest BCUT2D eigenvalue weighted by molar-refractivity contribution is 6.08. The molecule has 0 spiro atoms. The van der Waals surface area contributed by atoms with E-state index < -0.39 is 5.97 Å². The number of benzene rings is 2. The number of esters is 2. The topological polar surface area (TPSA) is 121 Å². The molecule has 3 aromatic rings. The van der Waals surface area contributed by atoms with Crippen molar-refractivity contribution in [2.75, 3.05) is 49.8 Å². The van der Waals surface area contributed by atoms with Gasteiger partial charge in [0.25, 0.3) is 5.56 Å². The first kappa shape index (κ1) is 29.6. The van der Waals surface area contributed by atoms with E-state index in [2.05, 4.69) is 0 Å². The van der Waals surface area contributed by atoms with E-state index in [4.69, 9.17) is 33.2 Å². The highest BCUT2D eigenvalue weighted by atomic mass is 16.5. The molecule has 0 radical (unpaired) electrons. The lowest BCUT2D eigenvalue weighted by Gasteiger charge is -2.31. The predicted octanol–water partition coefficient (Wildman–Crippen LogP) is 4.40. The van der Waals surface area contributed by atoms with Gasteiger partial charge in [-0.05, 0) is 55.5 Å². The van der Waals surface area contributed by atoms with Crippen molar-refractivity contribution in [3.8, 4) is 39.9 Å². The number of methoxy groups -OCH3 is 7. The molecule has 1 saturated carbocycles. The number of hydrogen-bond acceptors (Lipinski definition) is 10. The van der Waals surface area contributed by atoms with Crippen LogP contribution >= 0.6 is 0 Å². The van der Waals surface area contributed by atoms with Crippen LogP contribution in [0, 0.1) is 5.92 Å². The number of aromatic nitrogens is 1. The fraction of sp³-hybridized carbons (Fsp3) is 0.433. The summed E-state index contributed by atoms with van der Waals surface area (Å²) >= 11 is 0. The Bertz CT molecular complexity index is 1490. The minimum absolute atomic E-state index is 0.0630. The van der Waals surface area contributed by atoms with E-state index in [9.17, 15) is 14.4 Å². The molecule has 1 fully saturated rings. The number of carbonyl (C=O) groups is 2. The standard InChI is InChI=1S/C30H35NO10/c1-35-21-14-19-20(15-22(21)36-2)28(32)31(18-10-8-16(9-11-18)29(33)40-6)26(30(34)41-7)25(19)17-12-23(37-3)27(39-5)24(13-17)38-4/h12-16,18H,8-11H2,1-7H3. The Hall–Kier alpha value is -4.41. The third-order valence-electron chi connectivity index (χ3n) is 7.65. The number of nitrogens with zero attached hydrogens (tertiary/aromatic N) is 1. The van der Waals surface area contributed by atoms with Gasteiger partial charge in [-0.25, -0.2) is 4.79 Å². The Balaban J connectivity index is 2.13. The van der Waals surface area contributed by atoms with Gasteiger partial charge in [-0.1, -0.05) is 0 Å². The molecule has 0 unspecified atom stereocenters. The Labute approximate surface area is 237 Å². The zero-order valence-corrected chi connectivity index (χ0v) is 24.3. The molecular formula is C30H35NO10. The molecule has 0 atom stereocenters. The van der Waals surface area contributed by atoms with Crippen molar-refractivity contribution in [3.05, 3.63) is 40.3 Å². The van der Waals surface area contributed by atoms with Crippen LogP contribution in [0.2, 0.25) is 0 Å². The van der Waals surface area contributed by atoms with Crippen molar-refractivity contribution in [3.63, 3.8) is 0 Å². The average molecular weight is 570 g/mol.